The first kappa shape index (κ1) is 14.4. The molecule has 6 nitrogen and oxygen atoms in total. The second kappa shape index (κ2) is 7.63. The van der Waals surface area contributed by atoms with Crippen LogP contribution in [0.15, 0.2) is 22.6 Å². The second-order valence-electron chi connectivity index (χ2n) is 2.93. The van der Waals surface area contributed by atoms with Crippen LogP contribution in [-0.2, 0) is 0 Å². The van der Waals surface area contributed by atoms with E-state index in [0.29, 0.717) is 10.9 Å². The smallest absolute Gasteiger partial charge is 0.186 e. The van der Waals surface area contributed by atoms with Crippen molar-refractivity contribution in [2.24, 2.45) is 10.2 Å². The predicted octanol–water partition coefficient (Wildman–Crippen LogP) is 0.112. The Hall–Kier alpha value is -1.63. The van der Waals surface area contributed by atoms with E-state index in [9.17, 15) is 0 Å². The highest BCUT2D eigenvalue weighted by molar-refractivity contribution is 7.80. The molecule has 0 aromatic rings. The van der Waals surface area contributed by atoms with Gasteiger partial charge in [-0.2, -0.15) is 10.2 Å². The minimum Gasteiger partial charge on any atom is -0.374 e. The van der Waals surface area contributed by atoms with Gasteiger partial charge in [0.25, 0.3) is 0 Å². The summed E-state index contributed by atoms with van der Waals surface area (Å²) in [6.45, 7) is 7.34. The van der Waals surface area contributed by atoms with Gasteiger partial charge in [0, 0.05) is 14.1 Å². The molecule has 0 aliphatic rings. The average molecular weight is 242 g/mol. The lowest BCUT2D eigenvalue weighted by Gasteiger charge is -2.06. The third-order valence-electron chi connectivity index (χ3n) is 1.74. The quantitative estimate of drug-likeness (QED) is 0.313. The number of nitrogens with one attached hydrogen (secondary N) is 4. The molecule has 7 heteroatoms. The lowest BCUT2D eigenvalue weighted by Crippen LogP contribution is -2.30. The van der Waals surface area contributed by atoms with E-state index in [4.69, 9.17) is 12.2 Å². The zero-order valence-corrected chi connectivity index (χ0v) is 10.8. The molecule has 0 fully saturated rings. The topological polar surface area (TPSA) is 72.8 Å². The minimum absolute atomic E-state index is 0.458. The fraction of sp³-hybridized carbons (Fsp3) is 0.444. The molecule has 4 N–H and O–H groups in total. The van der Waals surface area contributed by atoms with Gasteiger partial charge in [-0.25, -0.2) is 0 Å². The average Bonchev–Trinajstić information content (AvgIpc) is 2.31. The molecule has 0 bridgehead atoms. The van der Waals surface area contributed by atoms with E-state index >= 15 is 0 Å². The molecule has 90 valence electrons. The zero-order valence-electron chi connectivity index (χ0n) is 10.0. The number of nitrogens with zero attached hydrogens (tertiary/aromatic N) is 2. The summed E-state index contributed by atoms with van der Waals surface area (Å²) in [5, 5.41) is 14.1. The third-order valence-corrected chi connectivity index (χ3v) is 2.03. The van der Waals surface area contributed by atoms with E-state index in [2.05, 4.69) is 38.3 Å². The van der Waals surface area contributed by atoms with Crippen LogP contribution in [0.3, 0.4) is 0 Å². The molecule has 0 amide bonds. The monoisotopic (exact) mass is 242 g/mol. The van der Waals surface area contributed by atoms with Crippen LogP contribution in [0.5, 0.6) is 0 Å². The molecular weight excluding hydrogens is 224 g/mol. The summed E-state index contributed by atoms with van der Waals surface area (Å²) >= 11 is 4.88. The first-order valence-corrected chi connectivity index (χ1v) is 5.11. The van der Waals surface area contributed by atoms with Gasteiger partial charge in [-0.3, -0.25) is 10.9 Å². The van der Waals surface area contributed by atoms with Crippen LogP contribution in [0.1, 0.15) is 13.8 Å². The van der Waals surface area contributed by atoms with Crippen LogP contribution in [0.25, 0.3) is 0 Å². The molecule has 0 saturated heterocycles. The Kier molecular flexibility index (Phi) is 6.86. The Bertz CT molecular complexity index is 288. The molecule has 0 unspecified atom stereocenters. The lowest BCUT2D eigenvalue weighted by atomic mass is 10.3. The highest BCUT2D eigenvalue weighted by Crippen LogP contribution is 1.83. The lowest BCUT2D eigenvalue weighted by molar-refractivity contribution is 0.788. The van der Waals surface area contributed by atoms with Crippen molar-refractivity contribution in [2.75, 3.05) is 14.1 Å². The van der Waals surface area contributed by atoms with Gasteiger partial charge >= 0.3 is 0 Å². The Balaban J connectivity index is 4.30. The van der Waals surface area contributed by atoms with Gasteiger partial charge in [-0.05, 0) is 26.1 Å². The zero-order chi connectivity index (χ0) is 12.6. The van der Waals surface area contributed by atoms with E-state index in [1.165, 1.54) is 0 Å². The number of hydrogen-bond donors (Lipinski definition) is 4. The van der Waals surface area contributed by atoms with Crippen molar-refractivity contribution in [1.29, 1.82) is 0 Å². The van der Waals surface area contributed by atoms with Crippen LogP contribution in [0.4, 0.5) is 0 Å². The summed E-state index contributed by atoms with van der Waals surface area (Å²) in [4.78, 5) is 0. The van der Waals surface area contributed by atoms with Crippen LogP contribution >= 0.6 is 12.2 Å². The van der Waals surface area contributed by atoms with Crippen LogP contribution < -0.4 is 21.5 Å². The summed E-state index contributed by atoms with van der Waals surface area (Å²) in [5.74, 6) is 0.617. The van der Waals surface area contributed by atoms with Gasteiger partial charge < -0.3 is 10.6 Å². The molecule has 0 aromatic carbocycles. The van der Waals surface area contributed by atoms with Gasteiger partial charge in [-0.1, -0.05) is 6.58 Å². The predicted molar refractivity (Wildman–Crippen MR) is 72.3 cm³/mol. The van der Waals surface area contributed by atoms with E-state index in [1.54, 1.807) is 14.1 Å². The maximum atomic E-state index is 4.88. The third kappa shape index (κ3) is 5.97. The van der Waals surface area contributed by atoms with Crippen molar-refractivity contribution in [2.45, 2.75) is 13.8 Å². The molecule has 0 aliphatic heterocycles. The summed E-state index contributed by atoms with van der Waals surface area (Å²) in [7, 11) is 3.48. The van der Waals surface area contributed by atoms with E-state index in [0.717, 1.165) is 11.4 Å². The number of thiocarbonyl (C=S) groups is 1. The van der Waals surface area contributed by atoms with Gasteiger partial charge in [0.15, 0.2) is 5.11 Å². The van der Waals surface area contributed by atoms with Crippen molar-refractivity contribution in [3.05, 3.63) is 12.4 Å². The normalized spacial score (nSPS) is 11.8. The first-order valence-electron chi connectivity index (χ1n) is 4.70. The van der Waals surface area contributed by atoms with Gasteiger partial charge in [0.1, 0.15) is 5.82 Å². The van der Waals surface area contributed by atoms with E-state index in [-0.39, 0.29) is 0 Å². The number of rotatable bonds is 5. The molecule has 0 atom stereocenters. The molecule has 0 saturated carbocycles. The largest absolute Gasteiger partial charge is 0.374 e. The van der Waals surface area contributed by atoms with Crippen molar-refractivity contribution in [1.82, 2.24) is 21.5 Å². The molecule has 0 aromatic heterocycles. The maximum Gasteiger partial charge on any atom is 0.186 e. The van der Waals surface area contributed by atoms with Crippen LogP contribution in [0.2, 0.25) is 0 Å². The molecule has 16 heavy (non-hydrogen) atoms. The van der Waals surface area contributed by atoms with Crippen molar-refractivity contribution >= 4 is 28.8 Å². The molecular formula is C9H18N6S. The first-order chi connectivity index (χ1) is 7.51. The second-order valence-corrected chi connectivity index (χ2v) is 3.33. The molecule has 0 aliphatic carbocycles. The van der Waals surface area contributed by atoms with E-state index in [1.807, 2.05) is 13.8 Å². The summed E-state index contributed by atoms with van der Waals surface area (Å²) in [6, 6.07) is 0. The van der Waals surface area contributed by atoms with Crippen LogP contribution in [0, 0.1) is 0 Å². The van der Waals surface area contributed by atoms with Crippen molar-refractivity contribution in [3.63, 3.8) is 0 Å². The van der Waals surface area contributed by atoms with E-state index < -0.39 is 0 Å². The van der Waals surface area contributed by atoms with Crippen LogP contribution in [-0.4, -0.2) is 30.6 Å². The number of hydrazone groups is 2. The van der Waals surface area contributed by atoms with Gasteiger partial charge in [-0.15, -0.1) is 0 Å². The Morgan fingerprint density at radius 2 is 1.50 bits per heavy atom. The SMILES string of the molecule is C=C(NC)N/N=C(C)/C(C)=N/NC(=S)NC. The summed E-state index contributed by atoms with van der Waals surface area (Å²) in [5.41, 5.74) is 6.89. The fourth-order valence-electron chi connectivity index (χ4n) is 0.560. The highest BCUT2D eigenvalue weighted by Gasteiger charge is 1.97. The molecule has 0 heterocycles. The standard InChI is InChI=1S/C9H18N6S/c1-6(12-14-8(3)10-4)7(2)13-15-9(16)11-5/h10,14H,3H2,1-2,4-5H3,(H2,11,15,16)/b12-6+,13-7+. The molecule has 0 spiro atoms. The maximum absolute atomic E-state index is 4.88. The fourth-order valence-corrected chi connectivity index (χ4v) is 0.605. The van der Waals surface area contributed by atoms with Gasteiger partial charge in [0.2, 0.25) is 0 Å². The molecule has 0 rings (SSSR count). The Morgan fingerprint density at radius 3 is 1.94 bits per heavy atom. The minimum atomic E-state index is 0.458. The molecule has 0 radical (unpaired) electrons. The highest BCUT2D eigenvalue weighted by atomic mass is 32.1. The Morgan fingerprint density at radius 1 is 1.00 bits per heavy atom. The van der Waals surface area contributed by atoms with Crippen molar-refractivity contribution in [3.8, 4) is 0 Å². The Labute approximate surface area is 101 Å². The number of hydrogen-bond acceptors (Lipinski definition) is 5. The van der Waals surface area contributed by atoms with Gasteiger partial charge in [0.05, 0.1) is 11.4 Å². The van der Waals surface area contributed by atoms with Crippen molar-refractivity contribution < 1.29 is 0 Å². The summed E-state index contributed by atoms with van der Waals surface area (Å²) < 4.78 is 0. The summed E-state index contributed by atoms with van der Waals surface area (Å²) in [6.07, 6.45) is 0.